The van der Waals surface area contributed by atoms with E-state index in [1.54, 1.807) is 0 Å². The maximum Gasteiger partial charge on any atom is 0.530 e. The van der Waals surface area contributed by atoms with Crippen molar-refractivity contribution in [3.63, 3.8) is 0 Å². The summed E-state index contributed by atoms with van der Waals surface area (Å²) in [7, 11) is -1.85. The fraction of sp³-hybridized carbons (Fsp3) is 0.833. The molecule has 3 nitrogen and oxygen atoms in total. The van der Waals surface area contributed by atoms with Crippen molar-refractivity contribution in [1.29, 1.82) is 0 Å². The monoisotopic (exact) mass is 1570 g/mol. The van der Waals surface area contributed by atoms with Crippen LogP contribution in [-0.4, -0.2) is 0 Å². The number of hydrogen-bond donors (Lipinski definition) is 0. The molecule has 0 bridgehead atoms. The quantitative estimate of drug-likeness (QED) is 0.0416. The fourth-order valence-electron chi connectivity index (χ4n) is 17.8. The molecule has 4 heteroatoms. The summed E-state index contributed by atoms with van der Waals surface area (Å²) < 4.78 is 22.5. The predicted molar refractivity (Wildman–Crippen MR) is 504 cm³/mol. The molecular formula is C108H195O3P. The summed E-state index contributed by atoms with van der Waals surface area (Å²) in [5.74, 6) is 2.95. The minimum Gasteiger partial charge on any atom is -0.408 e. The highest BCUT2D eigenvalue weighted by atomic mass is 31.2. The second kappa shape index (κ2) is 83.5. The fourth-order valence-corrected chi connectivity index (χ4v) is 18.9. The van der Waals surface area contributed by atoms with Crippen LogP contribution < -0.4 is 13.6 Å². The van der Waals surface area contributed by atoms with Gasteiger partial charge in [0.05, 0.1) is 0 Å². The van der Waals surface area contributed by atoms with Crippen molar-refractivity contribution in [3.05, 3.63) is 88.5 Å². The van der Waals surface area contributed by atoms with Crippen LogP contribution in [0.1, 0.15) is 576 Å². The molecule has 3 aromatic carbocycles. The molecule has 112 heavy (non-hydrogen) atoms. The third kappa shape index (κ3) is 63.6. The Bertz CT molecular complexity index is 2240. The Morgan fingerprint density at radius 2 is 0.304 bits per heavy atom. The van der Waals surface area contributed by atoms with E-state index in [9.17, 15) is 0 Å². The van der Waals surface area contributed by atoms with Gasteiger partial charge in [-0.05, 0) is 110 Å². The summed E-state index contributed by atoms with van der Waals surface area (Å²) in [6.45, 7) is 11.6. The van der Waals surface area contributed by atoms with Crippen LogP contribution in [0.2, 0.25) is 0 Å². The lowest BCUT2D eigenvalue weighted by Gasteiger charge is -2.24. The molecule has 0 spiro atoms. The van der Waals surface area contributed by atoms with Gasteiger partial charge in [-0.3, -0.25) is 0 Å². The predicted octanol–water partition coefficient (Wildman–Crippen LogP) is 39.5. The van der Waals surface area contributed by atoms with Crippen LogP contribution in [0.3, 0.4) is 0 Å². The highest BCUT2D eigenvalue weighted by Gasteiger charge is 2.26. The topological polar surface area (TPSA) is 27.7 Å². The van der Waals surface area contributed by atoms with Gasteiger partial charge in [-0.15, -0.1) is 0 Å². The van der Waals surface area contributed by atoms with Gasteiger partial charge in [0, 0.05) is 0 Å². The van der Waals surface area contributed by atoms with Gasteiger partial charge in [-0.25, -0.2) is 0 Å². The lowest BCUT2D eigenvalue weighted by atomic mass is 9.95. The molecule has 0 saturated carbocycles. The normalized spacial score (nSPS) is 11.7. The van der Waals surface area contributed by atoms with E-state index in [4.69, 9.17) is 13.6 Å². The van der Waals surface area contributed by atoms with E-state index in [0.717, 1.165) is 49.4 Å². The number of unbranched alkanes of at least 4 members (excludes halogenated alkanes) is 75. The van der Waals surface area contributed by atoms with Crippen LogP contribution in [0, 0.1) is 0 Å². The lowest BCUT2D eigenvalue weighted by molar-refractivity contribution is 0.381. The minimum absolute atomic E-state index is 0.946. The Labute approximate surface area is 703 Å². The third-order valence-corrected chi connectivity index (χ3v) is 26.4. The largest absolute Gasteiger partial charge is 0.530 e. The Kier molecular flexibility index (Phi) is 77.3. The molecule has 0 atom stereocenters. The summed E-state index contributed by atoms with van der Waals surface area (Å²) in [6, 6.07) is 23.0. The van der Waals surface area contributed by atoms with E-state index in [2.05, 4.69) is 95.3 Å². The van der Waals surface area contributed by atoms with Gasteiger partial charge in [-0.1, -0.05) is 559 Å². The number of aryl methyl sites for hydroxylation is 3. The first kappa shape index (κ1) is 104. The van der Waals surface area contributed by atoms with Gasteiger partial charge in [0.1, 0.15) is 17.2 Å². The van der Waals surface area contributed by atoms with Gasteiger partial charge >= 0.3 is 8.60 Å². The molecular weight excluding hydrogens is 1380 g/mol. The van der Waals surface area contributed by atoms with Gasteiger partial charge in [0.2, 0.25) is 0 Å². The van der Waals surface area contributed by atoms with Crippen molar-refractivity contribution in [2.45, 2.75) is 580 Å². The summed E-state index contributed by atoms with van der Waals surface area (Å²) in [4.78, 5) is 0. The van der Waals surface area contributed by atoms with E-state index in [0.29, 0.717) is 0 Å². The molecule has 0 fully saturated rings. The maximum atomic E-state index is 7.54. The number of para-hydroxylation sites is 1. The molecule has 650 valence electrons. The van der Waals surface area contributed by atoms with Crippen molar-refractivity contribution in [2.75, 3.05) is 0 Å². The Morgan fingerprint density at radius 3 is 0.518 bits per heavy atom. The van der Waals surface area contributed by atoms with Crippen molar-refractivity contribution in [2.24, 2.45) is 0 Å². The Balaban J connectivity index is 1.84. The zero-order valence-corrected chi connectivity index (χ0v) is 77.4. The molecule has 0 radical (unpaired) electrons. The van der Waals surface area contributed by atoms with E-state index in [1.165, 1.54) is 541 Å². The van der Waals surface area contributed by atoms with Crippen LogP contribution in [-0.2, 0) is 32.1 Å². The molecule has 0 heterocycles. The molecule has 0 aliphatic heterocycles. The average molecular weight is 1570 g/mol. The first-order chi connectivity index (χ1) is 55.6. The second-order valence-corrected chi connectivity index (χ2v) is 37.2. The van der Waals surface area contributed by atoms with Crippen LogP contribution in [0.4, 0.5) is 0 Å². The highest BCUT2D eigenvalue weighted by molar-refractivity contribution is 7.43. The first-order valence-electron chi connectivity index (χ1n) is 51.8. The van der Waals surface area contributed by atoms with E-state index >= 15 is 0 Å². The molecule has 0 aliphatic carbocycles. The standard InChI is InChI=1S/C108H195O3P/c1-6-11-16-21-26-31-36-41-46-51-56-61-66-71-76-81-90-101-94-88-99-107(104(101)96-84-79-74-69-64-59-54-49-44-39-34-29-24-19-14-9-4)110-112(109-106-98-87-86-93-103(106)92-83-78-73-68-63-58-53-48-43-38-33-28-23-18-13-8-3)111-108-100-89-95-102(91-82-77-72-67-62-57-52-47-42-37-32-27-22-17-12-7-2)105(108)97-85-80-75-70-65-60-55-50-45-40-35-30-25-20-15-10-5/h86-89,93-95,98-100H,6-85,90-92,96-97H2,1-5H3. The van der Waals surface area contributed by atoms with Gasteiger partial charge in [0.15, 0.2) is 0 Å². The van der Waals surface area contributed by atoms with Crippen molar-refractivity contribution >= 4 is 8.60 Å². The molecule has 0 saturated heterocycles. The van der Waals surface area contributed by atoms with Gasteiger partial charge in [-0.2, -0.15) is 0 Å². The smallest absolute Gasteiger partial charge is 0.408 e. The van der Waals surface area contributed by atoms with Crippen LogP contribution in [0.15, 0.2) is 60.7 Å². The van der Waals surface area contributed by atoms with Crippen molar-refractivity contribution in [1.82, 2.24) is 0 Å². The minimum atomic E-state index is -1.85. The molecule has 0 aliphatic rings. The van der Waals surface area contributed by atoms with Crippen LogP contribution in [0.5, 0.6) is 17.2 Å². The van der Waals surface area contributed by atoms with Crippen LogP contribution in [0.25, 0.3) is 0 Å². The first-order valence-corrected chi connectivity index (χ1v) is 52.9. The average Bonchev–Trinajstić information content (AvgIpc) is 0.818. The van der Waals surface area contributed by atoms with Gasteiger partial charge < -0.3 is 13.6 Å². The summed E-state index contributed by atoms with van der Waals surface area (Å²) in [5, 5.41) is 0. The Morgan fingerprint density at radius 1 is 0.152 bits per heavy atom. The van der Waals surface area contributed by atoms with E-state index in [-0.39, 0.29) is 0 Å². The number of benzene rings is 3. The Hall–Kier alpha value is -2.51. The lowest BCUT2D eigenvalue weighted by Crippen LogP contribution is -2.08. The number of rotatable bonds is 91. The third-order valence-electron chi connectivity index (χ3n) is 25.4. The zero-order valence-electron chi connectivity index (χ0n) is 76.5. The summed E-state index contributed by atoms with van der Waals surface area (Å²) in [5.41, 5.74) is 7.12. The summed E-state index contributed by atoms with van der Waals surface area (Å²) in [6.07, 6.45) is 117. The molecule has 0 aromatic heterocycles. The SMILES string of the molecule is CCCCCCCCCCCCCCCCCCc1ccccc1OP(Oc1cccc(CCCCCCCCCCCCCCCCCC)c1CCCCCCCCCCCCCCCCCC)Oc1cccc(CCCCCCCCCCCCCCCCCC)c1CCCCCCCCCCCCCCCCCC. The zero-order chi connectivity index (χ0) is 79.5. The van der Waals surface area contributed by atoms with Crippen molar-refractivity contribution < 1.29 is 13.6 Å². The maximum absolute atomic E-state index is 7.54. The second-order valence-electron chi connectivity index (χ2n) is 36.2. The summed E-state index contributed by atoms with van der Waals surface area (Å²) >= 11 is 0. The number of hydrogen-bond acceptors (Lipinski definition) is 3. The molecule has 3 rings (SSSR count). The molecule has 0 unspecified atom stereocenters. The van der Waals surface area contributed by atoms with Crippen LogP contribution >= 0.6 is 8.60 Å². The molecule has 0 amide bonds. The van der Waals surface area contributed by atoms with Gasteiger partial charge in [0.25, 0.3) is 0 Å². The van der Waals surface area contributed by atoms with E-state index < -0.39 is 8.60 Å². The highest BCUT2D eigenvalue weighted by Crippen LogP contribution is 2.47. The molecule has 0 N–H and O–H groups in total. The van der Waals surface area contributed by atoms with Crippen molar-refractivity contribution in [3.8, 4) is 17.2 Å². The van der Waals surface area contributed by atoms with E-state index in [1.807, 2.05) is 0 Å². The molecule has 3 aromatic rings.